The molecule has 0 fully saturated rings. The highest BCUT2D eigenvalue weighted by molar-refractivity contribution is 9.10. The molecule has 0 amide bonds. The third-order valence-corrected chi connectivity index (χ3v) is 5.01. The second-order valence-electron chi connectivity index (χ2n) is 5.23. The maximum absolute atomic E-state index is 5.69. The lowest BCUT2D eigenvalue weighted by Crippen LogP contribution is -2.40. The molecule has 0 radical (unpaired) electrons. The van der Waals surface area contributed by atoms with E-state index in [1.165, 1.54) is 4.88 Å². The Morgan fingerprint density at radius 2 is 2.08 bits per heavy atom. The molecular weight excluding hydrogens is 388 g/mol. The lowest BCUT2D eigenvalue weighted by atomic mass is 10.3. The molecule has 130 valence electrons. The van der Waals surface area contributed by atoms with Crippen LogP contribution in [0.25, 0.3) is 0 Å². The van der Waals surface area contributed by atoms with Crippen molar-refractivity contribution in [2.45, 2.75) is 20.3 Å². The largest absolute Gasteiger partial charge is 0.492 e. The van der Waals surface area contributed by atoms with Crippen LogP contribution in [0, 0.1) is 13.8 Å². The molecule has 0 aliphatic rings. The number of aromatic nitrogens is 1. The molecule has 0 bridgehead atoms. The number of nitrogens with one attached hydrogen (secondary N) is 2. The van der Waals surface area contributed by atoms with E-state index in [0.29, 0.717) is 13.2 Å². The first kappa shape index (κ1) is 18.7. The summed E-state index contributed by atoms with van der Waals surface area (Å²) < 4.78 is 6.70. The van der Waals surface area contributed by atoms with Gasteiger partial charge < -0.3 is 15.4 Å². The number of halogens is 1. The molecule has 0 spiro atoms. The minimum atomic E-state index is 0.571. The van der Waals surface area contributed by atoms with Crippen LogP contribution in [0.2, 0.25) is 0 Å². The second kappa shape index (κ2) is 9.64. The smallest absolute Gasteiger partial charge is 0.191 e. The molecule has 7 heteroatoms. The zero-order chi connectivity index (χ0) is 17.4. The van der Waals surface area contributed by atoms with E-state index in [1.807, 2.05) is 24.3 Å². The summed E-state index contributed by atoms with van der Waals surface area (Å²) in [7, 11) is 1.77. The zero-order valence-electron chi connectivity index (χ0n) is 14.2. The van der Waals surface area contributed by atoms with Crippen LogP contribution in [-0.4, -0.2) is 37.7 Å². The Morgan fingerprint density at radius 3 is 2.75 bits per heavy atom. The number of guanidine groups is 1. The maximum Gasteiger partial charge on any atom is 0.191 e. The van der Waals surface area contributed by atoms with E-state index >= 15 is 0 Å². The van der Waals surface area contributed by atoms with Crippen molar-refractivity contribution in [3.8, 4) is 5.75 Å². The number of nitrogens with zero attached hydrogens (tertiary/aromatic N) is 2. The van der Waals surface area contributed by atoms with Gasteiger partial charge in [0.05, 0.1) is 17.2 Å². The fourth-order valence-corrected chi connectivity index (χ4v) is 3.36. The van der Waals surface area contributed by atoms with Gasteiger partial charge in [-0.25, -0.2) is 4.98 Å². The van der Waals surface area contributed by atoms with Crippen LogP contribution in [0.5, 0.6) is 5.75 Å². The van der Waals surface area contributed by atoms with Gasteiger partial charge in [0, 0.05) is 29.4 Å². The summed E-state index contributed by atoms with van der Waals surface area (Å²) in [6.07, 6.45) is 0.897. The Bertz CT molecular complexity index is 667. The van der Waals surface area contributed by atoms with Crippen LogP contribution in [0.1, 0.15) is 15.6 Å². The van der Waals surface area contributed by atoms with Crippen molar-refractivity contribution in [3.63, 3.8) is 0 Å². The normalized spacial score (nSPS) is 11.4. The first-order valence-corrected chi connectivity index (χ1v) is 9.45. The van der Waals surface area contributed by atoms with Crippen LogP contribution in [-0.2, 0) is 6.42 Å². The molecular formula is C17H23BrN4OS. The standard InChI is InChI=1S/C17H23BrN4OS/c1-12-13(2)24-16(22-12)7-8-20-17(19-3)21-9-10-23-15-6-4-5-14(18)11-15/h4-6,11H,7-10H2,1-3H3,(H2,19,20,21). The minimum Gasteiger partial charge on any atom is -0.492 e. The van der Waals surface area contributed by atoms with Crippen molar-refractivity contribution in [2.75, 3.05) is 26.7 Å². The van der Waals surface area contributed by atoms with Crippen molar-refractivity contribution >= 4 is 33.2 Å². The van der Waals surface area contributed by atoms with E-state index in [0.717, 1.165) is 39.8 Å². The van der Waals surface area contributed by atoms with Gasteiger partial charge in [0.2, 0.25) is 0 Å². The number of hydrogen-bond acceptors (Lipinski definition) is 4. The molecule has 1 heterocycles. The monoisotopic (exact) mass is 410 g/mol. The first-order chi connectivity index (χ1) is 11.6. The van der Waals surface area contributed by atoms with Gasteiger partial charge in [-0.1, -0.05) is 22.0 Å². The molecule has 2 aromatic rings. The second-order valence-corrected chi connectivity index (χ2v) is 7.43. The van der Waals surface area contributed by atoms with Gasteiger partial charge >= 0.3 is 0 Å². The molecule has 5 nitrogen and oxygen atoms in total. The molecule has 0 atom stereocenters. The summed E-state index contributed by atoms with van der Waals surface area (Å²) in [5.74, 6) is 1.63. The summed E-state index contributed by atoms with van der Waals surface area (Å²) in [5.41, 5.74) is 1.13. The number of benzene rings is 1. The van der Waals surface area contributed by atoms with Gasteiger partial charge in [-0.15, -0.1) is 11.3 Å². The SMILES string of the molecule is CN=C(NCCOc1cccc(Br)c1)NCCc1nc(C)c(C)s1. The zero-order valence-corrected chi connectivity index (χ0v) is 16.6. The van der Waals surface area contributed by atoms with E-state index in [1.54, 1.807) is 18.4 Å². The fraction of sp³-hybridized carbons (Fsp3) is 0.412. The molecule has 0 saturated carbocycles. The van der Waals surface area contributed by atoms with Crippen LogP contribution in [0.3, 0.4) is 0 Å². The van der Waals surface area contributed by atoms with Crippen LogP contribution < -0.4 is 15.4 Å². The number of ether oxygens (including phenoxy) is 1. The molecule has 1 aromatic carbocycles. The minimum absolute atomic E-state index is 0.571. The van der Waals surface area contributed by atoms with E-state index in [-0.39, 0.29) is 0 Å². The topological polar surface area (TPSA) is 58.5 Å². The number of aryl methyl sites for hydroxylation is 2. The number of aliphatic imine (C=N–C) groups is 1. The van der Waals surface area contributed by atoms with Crippen molar-refractivity contribution < 1.29 is 4.74 Å². The lowest BCUT2D eigenvalue weighted by molar-refractivity contribution is 0.321. The van der Waals surface area contributed by atoms with Crippen molar-refractivity contribution in [2.24, 2.45) is 4.99 Å². The van der Waals surface area contributed by atoms with Crippen molar-refractivity contribution in [1.29, 1.82) is 0 Å². The summed E-state index contributed by atoms with van der Waals surface area (Å²) in [6, 6.07) is 7.82. The van der Waals surface area contributed by atoms with Crippen molar-refractivity contribution in [3.05, 3.63) is 44.3 Å². The first-order valence-electron chi connectivity index (χ1n) is 7.84. The van der Waals surface area contributed by atoms with E-state index in [4.69, 9.17) is 4.74 Å². The Balaban J connectivity index is 1.65. The van der Waals surface area contributed by atoms with Crippen LogP contribution in [0.15, 0.2) is 33.7 Å². The van der Waals surface area contributed by atoms with Gasteiger partial charge in [0.15, 0.2) is 5.96 Å². The predicted molar refractivity (Wildman–Crippen MR) is 104 cm³/mol. The van der Waals surface area contributed by atoms with Gasteiger partial charge in [-0.3, -0.25) is 4.99 Å². The number of hydrogen-bond donors (Lipinski definition) is 2. The third-order valence-electron chi connectivity index (χ3n) is 3.39. The summed E-state index contributed by atoms with van der Waals surface area (Å²) in [5, 5.41) is 7.70. The predicted octanol–water partition coefficient (Wildman–Crippen LogP) is 3.31. The molecule has 2 N–H and O–H groups in total. The van der Waals surface area contributed by atoms with E-state index < -0.39 is 0 Å². The lowest BCUT2D eigenvalue weighted by Gasteiger charge is -2.12. The Morgan fingerprint density at radius 1 is 1.29 bits per heavy atom. The average molecular weight is 411 g/mol. The molecule has 2 rings (SSSR count). The van der Waals surface area contributed by atoms with Crippen LogP contribution in [0.4, 0.5) is 0 Å². The molecule has 0 unspecified atom stereocenters. The van der Waals surface area contributed by atoms with Crippen LogP contribution >= 0.6 is 27.3 Å². The molecule has 0 saturated heterocycles. The van der Waals surface area contributed by atoms with Gasteiger partial charge in [0.25, 0.3) is 0 Å². The quantitative estimate of drug-likeness (QED) is 0.417. The van der Waals surface area contributed by atoms with E-state index in [9.17, 15) is 0 Å². The highest BCUT2D eigenvalue weighted by atomic mass is 79.9. The highest BCUT2D eigenvalue weighted by Gasteiger charge is 2.04. The average Bonchev–Trinajstić information content (AvgIpc) is 2.88. The van der Waals surface area contributed by atoms with Gasteiger partial charge in [-0.05, 0) is 32.0 Å². The molecule has 1 aromatic heterocycles. The Hall–Kier alpha value is -1.60. The molecule has 0 aliphatic heterocycles. The Kier molecular flexibility index (Phi) is 7.52. The van der Waals surface area contributed by atoms with Gasteiger partial charge in [0.1, 0.15) is 12.4 Å². The maximum atomic E-state index is 5.69. The van der Waals surface area contributed by atoms with E-state index in [2.05, 4.69) is 50.4 Å². The molecule has 0 aliphatic carbocycles. The number of rotatable bonds is 7. The fourth-order valence-electron chi connectivity index (χ4n) is 2.05. The molecule has 24 heavy (non-hydrogen) atoms. The van der Waals surface area contributed by atoms with Crippen molar-refractivity contribution in [1.82, 2.24) is 15.6 Å². The highest BCUT2D eigenvalue weighted by Crippen LogP contribution is 2.17. The third kappa shape index (κ3) is 6.13. The summed E-state index contributed by atoms with van der Waals surface area (Å²) in [6.45, 7) is 6.21. The number of thiazole rings is 1. The van der Waals surface area contributed by atoms with Gasteiger partial charge in [-0.2, -0.15) is 0 Å². The Labute approximate surface area is 155 Å². The summed E-state index contributed by atoms with van der Waals surface area (Å²) >= 11 is 5.19. The summed E-state index contributed by atoms with van der Waals surface area (Å²) in [4.78, 5) is 10.0.